The summed E-state index contributed by atoms with van der Waals surface area (Å²) < 4.78 is 5.86. The van der Waals surface area contributed by atoms with Crippen molar-refractivity contribution in [1.82, 2.24) is 0 Å². The quantitative estimate of drug-likeness (QED) is 0.709. The van der Waals surface area contributed by atoms with Gasteiger partial charge >= 0.3 is 0 Å². The molecule has 0 amide bonds. The van der Waals surface area contributed by atoms with Crippen molar-refractivity contribution in [2.45, 2.75) is 13.2 Å². The van der Waals surface area contributed by atoms with Crippen LogP contribution in [0, 0.1) is 0 Å². The van der Waals surface area contributed by atoms with Crippen molar-refractivity contribution in [3.05, 3.63) is 75.8 Å². The first-order chi connectivity index (χ1) is 10.7. The third-order valence-electron chi connectivity index (χ3n) is 3.53. The monoisotopic (exact) mass is 332 g/mol. The predicted molar refractivity (Wildman–Crippen MR) is 90.7 cm³/mol. The number of fused-ring (bicyclic) bond motifs is 1. The zero-order valence-corrected chi connectivity index (χ0v) is 13.2. The van der Waals surface area contributed by atoms with Gasteiger partial charge in [0, 0.05) is 5.56 Å². The highest BCUT2D eigenvalue weighted by Gasteiger charge is 2.08. The van der Waals surface area contributed by atoms with Crippen LogP contribution in [0.25, 0.3) is 10.8 Å². The number of benzene rings is 3. The van der Waals surface area contributed by atoms with E-state index in [0.29, 0.717) is 22.4 Å². The van der Waals surface area contributed by atoms with Crippen LogP contribution in [0.3, 0.4) is 0 Å². The molecule has 4 heteroatoms. The SMILES string of the molecule is OCc1c(OCc2ccc(Cl)c(Cl)c2)ccc2ccccc12. The van der Waals surface area contributed by atoms with Crippen molar-refractivity contribution < 1.29 is 9.84 Å². The third-order valence-corrected chi connectivity index (χ3v) is 4.27. The van der Waals surface area contributed by atoms with E-state index in [2.05, 4.69) is 0 Å². The molecule has 0 saturated heterocycles. The Morgan fingerprint density at radius 2 is 1.73 bits per heavy atom. The molecule has 0 heterocycles. The largest absolute Gasteiger partial charge is 0.489 e. The second kappa shape index (κ2) is 6.57. The van der Waals surface area contributed by atoms with Crippen molar-refractivity contribution in [2.24, 2.45) is 0 Å². The lowest BCUT2D eigenvalue weighted by Crippen LogP contribution is -1.99. The Hall–Kier alpha value is -1.74. The molecule has 0 aliphatic rings. The van der Waals surface area contributed by atoms with Gasteiger partial charge in [-0.1, -0.05) is 59.6 Å². The van der Waals surface area contributed by atoms with Gasteiger partial charge < -0.3 is 9.84 Å². The van der Waals surface area contributed by atoms with Gasteiger partial charge in [-0.2, -0.15) is 0 Å². The standard InChI is InChI=1S/C18H14Cl2O2/c19-16-7-5-12(9-17(16)20)11-22-18-8-6-13-3-1-2-4-14(13)15(18)10-21/h1-9,21H,10-11H2. The highest BCUT2D eigenvalue weighted by Crippen LogP contribution is 2.29. The second-order valence-electron chi connectivity index (χ2n) is 4.96. The molecule has 0 aliphatic carbocycles. The normalized spacial score (nSPS) is 10.9. The minimum atomic E-state index is -0.0714. The Morgan fingerprint density at radius 3 is 2.50 bits per heavy atom. The number of aliphatic hydroxyl groups excluding tert-OH is 1. The molecule has 0 spiro atoms. The first-order valence-electron chi connectivity index (χ1n) is 6.87. The molecule has 0 unspecified atom stereocenters. The van der Waals surface area contributed by atoms with Crippen LogP contribution >= 0.6 is 23.2 Å². The van der Waals surface area contributed by atoms with Gasteiger partial charge in [0.15, 0.2) is 0 Å². The summed E-state index contributed by atoms with van der Waals surface area (Å²) in [5.41, 5.74) is 1.71. The van der Waals surface area contributed by atoms with Crippen molar-refractivity contribution in [2.75, 3.05) is 0 Å². The van der Waals surface area contributed by atoms with Crippen LogP contribution in [0.4, 0.5) is 0 Å². The number of hydrogen-bond acceptors (Lipinski definition) is 2. The van der Waals surface area contributed by atoms with Crippen molar-refractivity contribution in [1.29, 1.82) is 0 Å². The fraction of sp³-hybridized carbons (Fsp3) is 0.111. The fourth-order valence-electron chi connectivity index (χ4n) is 2.40. The highest BCUT2D eigenvalue weighted by molar-refractivity contribution is 6.42. The molecular formula is C18H14Cl2O2. The molecule has 0 fully saturated rings. The minimum Gasteiger partial charge on any atom is -0.489 e. The molecule has 0 bridgehead atoms. The summed E-state index contributed by atoms with van der Waals surface area (Å²) in [6, 6.07) is 17.2. The van der Waals surface area contributed by atoms with Crippen LogP contribution < -0.4 is 4.74 Å². The average Bonchev–Trinajstić information content (AvgIpc) is 2.55. The minimum absolute atomic E-state index is 0.0714. The van der Waals surface area contributed by atoms with Crippen LogP contribution in [-0.2, 0) is 13.2 Å². The Labute approximate surface area is 138 Å². The predicted octanol–water partition coefficient (Wildman–Crippen LogP) is 5.22. The van der Waals surface area contributed by atoms with Crippen molar-refractivity contribution >= 4 is 34.0 Å². The topological polar surface area (TPSA) is 29.5 Å². The van der Waals surface area contributed by atoms with Gasteiger partial charge in [0.2, 0.25) is 0 Å². The Balaban J connectivity index is 1.88. The van der Waals surface area contributed by atoms with Crippen LogP contribution in [0.5, 0.6) is 5.75 Å². The number of aliphatic hydroxyl groups is 1. The summed E-state index contributed by atoms with van der Waals surface area (Å²) in [6.07, 6.45) is 0. The molecule has 1 N–H and O–H groups in total. The Bertz CT molecular complexity index is 815. The summed E-state index contributed by atoms with van der Waals surface area (Å²) >= 11 is 11.9. The van der Waals surface area contributed by atoms with Gasteiger partial charge in [0.1, 0.15) is 12.4 Å². The van der Waals surface area contributed by atoms with Crippen LogP contribution in [0.2, 0.25) is 10.0 Å². The maximum atomic E-state index is 9.68. The summed E-state index contributed by atoms with van der Waals surface area (Å²) in [6.45, 7) is 0.292. The molecule has 3 aromatic carbocycles. The van der Waals surface area contributed by atoms with Crippen LogP contribution in [-0.4, -0.2) is 5.11 Å². The van der Waals surface area contributed by atoms with E-state index in [1.807, 2.05) is 42.5 Å². The molecule has 0 saturated carbocycles. The van der Waals surface area contributed by atoms with E-state index in [1.54, 1.807) is 12.1 Å². The zero-order chi connectivity index (χ0) is 15.5. The lowest BCUT2D eigenvalue weighted by atomic mass is 10.0. The van der Waals surface area contributed by atoms with E-state index >= 15 is 0 Å². The Kier molecular flexibility index (Phi) is 4.53. The summed E-state index contributed by atoms with van der Waals surface area (Å²) in [5.74, 6) is 0.673. The maximum Gasteiger partial charge on any atom is 0.125 e. The number of halogens is 2. The van der Waals surface area contributed by atoms with Crippen molar-refractivity contribution in [3.8, 4) is 5.75 Å². The van der Waals surface area contributed by atoms with E-state index in [4.69, 9.17) is 27.9 Å². The molecule has 0 atom stereocenters. The average molecular weight is 333 g/mol. The summed E-state index contributed by atoms with van der Waals surface area (Å²) in [5, 5.41) is 12.8. The third kappa shape index (κ3) is 3.05. The van der Waals surface area contributed by atoms with Crippen molar-refractivity contribution in [3.63, 3.8) is 0 Å². The van der Waals surface area contributed by atoms with Crippen LogP contribution in [0.1, 0.15) is 11.1 Å². The van der Waals surface area contributed by atoms with Gasteiger partial charge in [-0.05, 0) is 34.5 Å². The number of rotatable bonds is 4. The van der Waals surface area contributed by atoms with E-state index in [1.165, 1.54) is 0 Å². The summed E-state index contributed by atoms with van der Waals surface area (Å²) in [7, 11) is 0. The molecule has 22 heavy (non-hydrogen) atoms. The fourth-order valence-corrected chi connectivity index (χ4v) is 2.73. The van der Waals surface area contributed by atoms with Crippen LogP contribution in [0.15, 0.2) is 54.6 Å². The number of ether oxygens (including phenoxy) is 1. The lowest BCUT2D eigenvalue weighted by Gasteiger charge is -2.13. The molecule has 0 aromatic heterocycles. The highest BCUT2D eigenvalue weighted by atomic mass is 35.5. The molecule has 112 valence electrons. The Morgan fingerprint density at radius 1 is 0.909 bits per heavy atom. The molecule has 3 rings (SSSR count). The number of hydrogen-bond donors (Lipinski definition) is 1. The van der Waals surface area contributed by atoms with Gasteiger partial charge in [-0.15, -0.1) is 0 Å². The lowest BCUT2D eigenvalue weighted by molar-refractivity contribution is 0.261. The molecule has 0 aliphatic heterocycles. The van der Waals surface area contributed by atoms with E-state index in [0.717, 1.165) is 21.9 Å². The summed E-state index contributed by atoms with van der Waals surface area (Å²) in [4.78, 5) is 0. The van der Waals surface area contributed by atoms with Gasteiger partial charge in [0.05, 0.1) is 16.7 Å². The van der Waals surface area contributed by atoms with Gasteiger partial charge in [0.25, 0.3) is 0 Å². The molecule has 2 nitrogen and oxygen atoms in total. The van der Waals surface area contributed by atoms with Gasteiger partial charge in [-0.3, -0.25) is 0 Å². The maximum absolute atomic E-state index is 9.68. The molecular weight excluding hydrogens is 319 g/mol. The van der Waals surface area contributed by atoms with E-state index < -0.39 is 0 Å². The first kappa shape index (κ1) is 15.2. The zero-order valence-electron chi connectivity index (χ0n) is 11.7. The van der Waals surface area contributed by atoms with Gasteiger partial charge in [-0.25, -0.2) is 0 Å². The second-order valence-corrected chi connectivity index (χ2v) is 5.77. The molecule has 3 aromatic rings. The first-order valence-corrected chi connectivity index (χ1v) is 7.63. The smallest absolute Gasteiger partial charge is 0.125 e. The van der Waals surface area contributed by atoms with E-state index in [-0.39, 0.29) is 6.61 Å². The van der Waals surface area contributed by atoms with E-state index in [9.17, 15) is 5.11 Å². The molecule has 0 radical (unpaired) electrons.